The van der Waals surface area contributed by atoms with Crippen molar-refractivity contribution >= 4 is 22.4 Å². The summed E-state index contributed by atoms with van der Waals surface area (Å²) in [6, 6.07) is 22.6. The maximum atomic E-state index is 11.3. The number of halogens is 1. The molecule has 0 aliphatic carbocycles. The SMILES string of the molecule is CCOc1cc(CNCCc2ccc(S(N)(=O)=O)cc2)ccc1OCc1ccccc1.Cl. The summed E-state index contributed by atoms with van der Waals surface area (Å²) in [5.74, 6) is 1.46. The van der Waals surface area contributed by atoms with Gasteiger partial charge in [-0.05, 0) is 60.8 Å². The summed E-state index contributed by atoms with van der Waals surface area (Å²) in [5.41, 5.74) is 3.24. The van der Waals surface area contributed by atoms with Crippen LogP contribution >= 0.6 is 12.4 Å². The number of ether oxygens (including phenoxy) is 2. The topological polar surface area (TPSA) is 90.6 Å². The quantitative estimate of drug-likeness (QED) is 0.407. The molecule has 0 bridgehead atoms. The van der Waals surface area contributed by atoms with Crippen molar-refractivity contribution in [3.63, 3.8) is 0 Å². The van der Waals surface area contributed by atoms with Gasteiger partial charge in [0.15, 0.2) is 11.5 Å². The van der Waals surface area contributed by atoms with E-state index in [2.05, 4.69) is 5.32 Å². The second kappa shape index (κ2) is 12.5. The van der Waals surface area contributed by atoms with Crippen LogP contribution in [0.1, 0.15) is 23.6 Å². The Kier molecular flexibility index (Phi) is 9.99. The van der Waals surface area contributed by atoms with Gasteiger partial charge in [0.05, 0.1) is 11.5 Å². The van der Waals surface area contributed by atoms with Gasteiger partial charge in [0.2, 0.25) is 10.0 Å². The number of hydrogen-bond acceptors (Lipinski definition) is 5. The third kappa shape index (κ3) is 7.84. The normalized spacial score (nSPS) is 10.9. The van der Waals surface area contributed by atoms with Crippen molar-refractivity contribution in [1.82, 2.24) is 5.32 Å². The van der Waals surface area contributed by atoms with E-state index < -0.39 is 10.0 Å². The molecule has 32 heavy (non-hydrogen) atoms. The van der Waals surface area contributed by atoms with Crippen LogP contribution in [0.25, 0.3) is 0 Å². The van der Waals surface area contributed by atoms with Crippen molar-refractivity contribution in [1.29, 1.82) is 0 Å². The minimum Gasteiger partial charge on any atom is -0.490 e. The lowest BCUT2D eigenvalue weighted by molar-refractivity contribution is 0.269. The lowest BCUT2D eigenvalue weighted by atomic mass is 10.1. The molecule has 0 aliphatic heterocycles. The van der Waals surface area contributed by atoms with Gasteiger partial charge in [-0.25, -0.2) is 13.6 Å². The average Bonchev–Trinajstić information content (AvgIpc) is 2.77. The molecule has 8 heteroatoms. The highest BCUT2D eigenvalue weighted by molar-refractivity contribution is 7.89. The first-order valence-electron chi connectivity index (χ1n) is 10.2. The van der Waals surface area contributed by atoms with E-state index in [1.165, 1.54) is 12.1 Å². The fourth-order valence-electron chi connectivity index (χ4n) is 3.10. The molecule has 172 valence electrons. The summed E-state index contributed by atoms with van der Waals surface area (Å²) in [5, 5.41) is 8.53. The minimum absolute atomic E-state index is 0. The number of rotatable bonds is 11. The van der Waals surface area contributed by atoms with Crippen molar-refractivity contribution in [3.05, 3.63) is 89.5 Å². The molecule has 6 nitrogen and oxygen atoms in total. The second-order valence-electron chi connectivity index (χ2n) is 7.10. The summed E-state index contributed by atoms with van der Waals surface area (Å²) in [6.07, 6.45) is 0.779. The Bertz CT molecular complexity index is 1070. The van der Waals surface area contributed by atoms with Crippen LogP contribution in [0.15, 0.2) is 77.7 Å². The maximum absolute atomic E-state index is 11.3. The van der Waals surface area contributed by atoms with E-state index in [1.807, 2.05) is 55.5 Å². The average molecular weight is 477 g/mol. The molecule has 3 N–H and O–H groups in total. The number of nitrogens with two attached hydrogens (primary N) is 1. The molecule has 0 radical (unpaired) electrons. The van der Waals surface area contributed by atoms with Gasteiger partial charge in [-0.1, -0.05) is 48.5 Å². The van der Waals surface area contributed by atoms with Gasteiger partial charge in [-0.2, -0.15) is 0 Å². The lowest BCUT2D eigenvalue weighted by Gasteiger charge is -2.14. The molecule has 0 fully saturated rings. The van der Waals surface area contributed by atoms with Crippen molar-refractivity contribution in [3.8, 4) is 11.5 Å². The molecule has 0 saturated carbocycles. The number of sulfonamides is 1. The molecule has 0 unspecified atom stereocenters. The van der Waals surface area contributed by atoms with Crippen molar-refractivity contribution in [2.24, 2.45) is 5.14 Å². The van der Waals surface area contributed by atoms with Crippen molar-refractivity contribution in [2.45, 2.75) is 31.4 Å². The molecule has 3 aromatic rings. The van der Waals surface area contributed by atoms with Gasteiger partial charge in [0.1, 0.15) is 6.61 Å². The largest absolute Gasteiger partial charge is 0.490 e. The molecule has 0 saturated heterocycles. The molecule has 3 rings (SSSR count). The maximum Gasteiger partial charge on any atom is 0.238 e. The molecule has 0 aliphatic rings. The van der Waals surface area contributed by atoms with E-state index >= 15 is 0 Å². The van der Waals surface area contributed by atoms with E-state index in [0.29, 0.717) is 19.8 Å². The molecule has 3 aromatic carbocycles. The van der Waals surface area contributed by atoms with Crippen LogP contribution in [0.3, 0.4) is 0 Å². The summed E-state index contributed by atoms with van der Waals surface area (Å²) >= 11 is 0. The molecule has 0 spiro atoms. The van der Waals surface area contributed by atoms with E-state index in [4.69, 9.17) is 14.6 Å². The first kappa shape index (κ1) is 25.7. The van der Waals surface area contributed by atoms with Crippen molar-refractivity contribution in [2.75, 3.05) is 13.2 Å². The third-order valence-electron chi connectivity index (χ3n) is 4.72. The van der Waals surface area contributed by atoms with E-state index in [-0.39, 0.29) is 17.3 Å². The second-order valence-corrected chi connectivity index (χ2v) is 8.67. The van der Waals surface area contributed by atoms with Crippen LogP contribution in [0.4, 0.5) is 0 Å². The predicted molar refractivity (Wildman–Crippen MR) is 129 cm³/mol. The zero-order valence-electron chi connectivity index (χ0n) is 18.0. The van der Waals surface area contributed by atoms with Crippen molar-refractivity contribution < 1.29 is 17.9 Å². The van der Waals surface area contributed by atoms with E-state index in [0.717, 1.165) is 41.2 Å². The van der Waals surface area contributed by atoms with Gasteiger partial charge in [0, 0.05) is 6.54 Å². The number of nitrogens with one attached hydrogen (secondary N) is 1. The zero-order valence-corrected chi connectivity index (χ0v) is 19.6. The predicted octanol–water partition coefficient (Wildman–Crippen LogP) is 4.07. The summed E-state index contributed by atoms with van der Waals surface area (Å²) in [7, 11) is -3.65. The van der Waals surface area contributed by atoms with Crippen LogP contribution in [0.2, 0.25) is 0 Å². The highest BCUT2D eigenvalue weighted by atomic mass is 35.5. The van der Waals surface area contributed by atoms with Crippen LogP contribution in [-0.4, -0.2) is 21.6 Å². The van der Waals surface area contributed by atoms with Gasteiger partial charge in [0.25, 0.3) is 0 Å². The third-order valence-corrected chi connectivity index (χ3v) is 5.65. The van der Waals surface area contributed by atoms with Gasteiger partial charge in [-0.15, -0.1) is 12.4 Å². The Morgan fingerprint density at radius 2 is 1.53 bits per heavy atom. The van der Waals surface area contributed by atoms with Gasteiger partial charge in [-0.3, -0.25) is 0 Å². The highest BCUT2D eigenvalue weighted by Gasteiger charge is 2.08. The Balaban J connectivity index is 0.00000363. The number of primary sulfonamides is 1. The standard InChI is InChI=1S/C24H28N2O4S.ClH/c1-2-29-24-16-21(10-13-23(24)30-18-20-6-4-3-5-7-20)17-26-15-14-19-8-11-22(12-9-19)31(25,27)28;/h3-13,16,26H,2,14-15,17-18H2,1H3,(H2,25,27,28);1H. The van der Waals surface area contributed by atoms with Gasteiger partial charge < -0.3 is 14.8 Å². The zero-order chi connectivity index (χ0) is 22.1. The van der Waals surface area contributed by atoms with Crippen LogP contribution in [0, 0.1) is 0 Å². The lowest BCUT2D eigenvalue weighted by Crippen LogP contribution is -2.17. The summed E-state index contributed by atoms with van der Waals surface area (Å²) < 4.78 is 34.4. The van der Waals surface area contributed by atoms with E-state index in [1.54, 1.807) is 12.1 Å². The Morgan fingerprint density at radius 3 is 2.19 bits per heavy atom. The minimum atomic E-state index is -3.65. The monoisotopic (exact) mass is 476 g/mol. The molecule has 0 heterocycles. The number of benzene rings is 3. The first-order chi connectivity index (χ1) is 15.0. The first-order valence-corrected chi connectivity index (χ1v) is 11.8. The molecule has 0 amide bonds. The van der Waals surface area contributed by atoms with Gasteiger partial charge >= 0.3 is 0 Å². The summed E-state index contributed by atoms with van der Waals surface area (Å²) in [6.45, 7) is 4.45. The van der Waals surface area contributed by atoms with E-state index in [9.17, 15) is 8.42 Å². The van der Waals surface area contributed by atoms with Crippen LogP contribution < -0.4 is 19.9 Å². The van der Waals surface area contributed by atoms with Crippen LogP contribution in [-0.2, 0) is 29.6 Å². The number of hydrogen-bond donors (Lipinski definition) is 2. The summed E-state index contributed by atoms with van der Waals surface area (Å²) in [4.78, 5) is 0.127. The highest BCUT2D eigenvalue weighted by Crippen LogP contribution is 2.29. The molecular formula is C24H29ClN2O4S. The Morgan fingerprint density at radius 1 is 0.844 bits per heavy atom. The fourth-order valence-corrected chi connectivity index (χ4v) is 3.61. The Labute approximate surface area is 196 Å². The smallest absolute Gasteiger partial charge is 0.238 e. The molecule has 0 aromatic heterocycles. The molecule has 0 atom stereocenters. The van der Waals surface area contributed by atoms with Crippen LogP contribution in [0.5, 0.6) is 11.5 Å². The fraction of sp³-hybridized carbons (Fsp3) is 0.250. The Hall–Kier alpha value is -2.58. The molecular weight excluding hydrogens is 448 g/mol.